The van der Waals surface area contributed by atoms with Gasteiger partial charge in [0.1, 0.15) is 0 Å². The second-order valence-corrected chi connectivity index (χ2v) is 4.12. The number of nitrogens with one attached hydrogen (secondary N) is 1. The Morgan fingerprint density at radius 2 is 2.29 bits per heavy atom. The lowest BCUT2D eigenvalue weighted by atomic mass is 9.88. The van der Waals surface area contributed by atoms with E-state index in [0.29, 0.717) is 5.92 Å². The maximum absolute atomic E-state index is 6.02. The molecule has 0 spiro atoms. The zero-order valence-electron chi connectivity index (χ0n) is 8.72. The van der Waals surface area contributed by atoms with Gasteiger partial charge in [-0.15, -0.1) is 0 Å². The molecule has 0 aromatic heterocycles. The topological polar surface area (TPSA) is 38.0 Å². The van der Waals surface area contributed by atoms with Crippen molar-refractivity contribution in [3.8, 4) is 0 Å². The van der Waals surface area contributed by atoms with Gasteiger partial charge in [0.25, 0.3) is 0 Å². The van der Waals surface area contributed by atoms with E-state index < -0.39 is 0 Å². The van der Waals surface area contributed by atoms with Crippen LogP contribution in [0.2, 0.25) is 0 Å². The van der Waals surface area contributed by atoms with Crippen molar-refractivity contribution >= 4 is 5.69 Å². The fourth-order valence-electron chi connectivity index (χ4n) is 2.36. The highest BCUT2D eigenvalue weighted by Crippen LogP contribution is 2.30. The summed E-state index contributed by atoms with van der Waals surface area (Å²) in [5.41, 5.74) is 9.67. The van der Waals surface area contributed by atoms with E-state index in [4.69, 9.17) is 5.73 Å². The SMILES string of the molecule is Cc1cccc(N)c1C1CCCNC1. The molecule has 1 aromatic rings. The Labute approximate surface area is 85.5 Å². The van der Waals surface area contributed by atoms with Crippen LogP contribution >= 0.6 is 0 Å². The Hall–Kier alpha value is -1.02. The second-order valence-electron chi connectivity index (χ2n) is 4.12. The van der Waals surface area contributed by atoms with Gasteiger partial charge >= 0.3 is 0 Å². The maximum atomic E-state index is 6.02. The molecule has 3 N–H and O–H groups in total. The Kier molecular flexibility index (Phi) is 2.73. The van der Waals surface area contributed by atoms with Crippen molar-refractivity contribution in [3.63, 3.8) is 0 Å². The molecule has 1 aliphatic heterocycles. The number of aryl methyl sites for hydroxylation is 1. The van der Waals surface area contributed by atoms with Crippen LogP contribution in [0.15, 0.2) is 18.2 Å². The van der Waals surface area contributed by atoms with Crippen molar-refractivity contribution in [2.24, 2.45) is 0 Å². The van der Waals surface area contributed by atoms with E-state index in [1.165, 1.54) is 24.0 Å². The van der Waals surface area contributed by atoms with Crippen LogP contribution in [0.3, 0.4) is 0 Å². The van der Waals surface area contributed by atoms with Gasteiger partial charge in [0.05, 0.1) is 0 Å². The summed E-state index contributed by atoms with van der Waals surface area (Å²) in [4.78, 5) is 0. The number of nitrogens with two attached hydrogens (primary N) is 1. The molecule has 2 rings (SSSR count). The van der Waals surface area contributed by atoms with Gasteiger partial charge in [0.2, 0.25) is 0 Å². The second kappa shape index (κ2) is 4.01. The number of piperidine rings is 1. The van der Waals surface area contributed by atoms with Crippen molar-refractivity contribution in [1.82, 2.24) is 5.32 Å². The van der Waals surface area contributed by atoms with Gasteiger partial charge in [0.15, 0.2) is 0 Å². The first-order valence-corrected chi connectivity index (χ1v) is 5.34. The van der Waals surface area contributed by atoms with Crippen LogP contribution in [-0.2, 0) is 0 Å². The molecule has 76 valence electrons. The largest absolute Gasteiger partial charge is 0.398 e. The third kappa shape index (κ3) is 1.75. The van der Waals surface area contributed by atoms with E-state index in [1.807, 2.05) is 12.1 Å². The van der Waals surface area contributed by atoms with Gasteiger partial charge < -0.3 is 11.1 Å². The molecule has 0 aliphatic carbocycles. The van der Waals surface area contributed by atoms with Gasteiger partial charge in [0, 0.05) is 12.2 Å². The Bertz CT molecular complexity index is 294. The molecule has 2 nitrogen and oxygen atoms in total. The average Bonchev–Trinajstić information content (AvgIpc) is 2.19. The van der Waals surface area contributed by atoms with Crippen LogP contribution in [0, 0.1) is 6.92 Å². The lowest BCUT2D eigenvalue weighted by Gasteiger charge is -2.25. The Balaban J connectivity index is 2.29. The monoisotopic (exact) mass is 190 g/mol. The first kappa shape index (κ1) is 9.53. The van der Waals surface area contributed by atoms with Gasteiger partial charge in [-0.25, -0.2) is 0 Å². The van der Waals surface area contributed by atoms with Crippen molar-refractivity contribution in [3.05, 3.63) is 29.3 Å². The quantitative estimate of drug-likeness (QED) is 0.665. The number of hydrogen-bond donors (Lipinski definition) is 2. The van der Waals surface area contributed by atoms with E-state index in [-0.39, 0.29) is 0 Å². The van der Waals surface area contributed by atoms with Crippen LogP contribution in [0.4, 0.5) is 5.69 Å². The van der Waals surface area contributed by atoms with E-state index in [1.54, 1.807) is 0 Å². The number of rotatable bonds is 1. The van der Waals surface area contributed by atoms with E-state index in [9.17, 15) is 0 Å². The number of nitrogen functional groups attached to an aromatic ring is 1. The summed E-state index contributed by atoms with van der Waals surface area (Å²) in [7, 11) is 0. The Morgan fingerprint density at radius 1 is 1.43 bits per heavy atom. The van der Waals surface area contributed by atoms with Gasteiger partial charge in [-0.1, -0.05) is 12.1 Å². The first-order chi connectivity index (χ1) is 6.79. The highest BCUT2D eigenvalue weighted by atomic mass is 14.9. The lowest BCUT2D eigenvalue weighted by molar-refractivity contribution is 0.461. The molecule has 1 aromatic carbocycles. The summed E-state index contributed by atoms with van der Waals surface area (Å²) in [6, 6.07) is 6.20. The van der Waals surface area contributed by atoms with E-state index in [0.717, 1.165) is 18.8 Å². The molecule has 1 heterocycles. The van der Waals surface area contributed by atoms with Crippen molar-refractivity contribution in [1.29, 1.82) is 0 Å². The molecule has 0 amide bonds. The standard InChI is InChI=1S/C12H18N2/c1-9-4-2-6-11(13)12(9)10-5-3-7-14-8-10/h2,4,6,10,14H,3,5,7-8,13H2,1H3. The minimum Gasteiger partial charge on any atom is -0.398 e. The molecule has 0 bridgehead atoms. The molecular weight excluding hydrogens is 172 g/mol. The fraction of sp³-hybridized carbons (Fsp3) is 0.500. The normalized spacial score (nSPS) is 22.2. The molecule has 1 unspecified atom stereocenters. The summed E-state index contributed by atoms with van der Waals surface area (Å²) in [5, 5.41) is 3.43. The molecule has 14 heavy (non-hydrogen) atoms. The first-order valence-electron chi connectivity index (χ1n) is 5.34. The molecule has 0 saturated carbocycles. The Morgan fingerprint density at radius 3 is 2.93 bits per heavy atom. The molecule has 0 radical (unpaired) electrons. The predicted octanol–water partition coefficient (Wildman–Crippen LogP) is 2.04. The van der Waals surface area contributed by atoms with Gasteiger partial charge in [-0.3, -0.25) is 0 Å². The summed E-state index contributed by atoms with van der Waals surface area (Å²) in [6.07, 6.45) is 2.53. The van der Waals surface area contributed by atoms with Crippen molar-refractivity contribution < 1.29 is 0 Å². The smallest absolute Gasteiger partial charge is 0.0352 e. The fourth-order valence-corrected chi connectivity index (χ4v) is 2.36. The predicted molar refractivity (Wildman–Crippen MR) is 60.4 cm³/mol. The average molecular weight is 190 g/mol. The highest BCUT2D eigenvalue weighted by molar-refractivity contribution is 5.52. The minimum absolute atomic E-state index is 0.616. The van der Waals surface area contributed by atoms with E-state index in [2.05, 4.69) is 18.3 Å². The number of benzene rings is 1. The summed E-state index contributed by atoms with van der Waals surface area (Å²) in [5.74, 6) is 0.616. The van der Waals surface area contributed by atoms with Gasteiger partial charge in [-0.2, -0.15) is 0 Å². The van der Waals surface area contributed by atoms with Crippen molar-refractivity contribution in [2.75, 3.05) is 18.8 Å². The molecule has 1 saturated heterocycles. The number of hydrogen-bond acceptors (Lipinski definition) is 2. The third-order valence-corrected chi connectivity index (χ3v) is 3.06. The van der Waals surface area contributed by atoms with Gasteiger partial charge in [-0.05, 0) is 49.4 Å². The lowest BCUT2D eigenvalue weighted by Crippen LogP contribution is -2.29. The molecule has 1 aliphatic rings. The zero-order chi connectivity index (χ0) is 9.97. The molecular formula is C12H18N2. The van der Waals surface area contributed by atoms with E-state index >= 15 is 0 Å². The summed E-state index contributed by atoms with van der Waals surface area (Å²) in [6.45, 7) is 4.39. The summed E-state index contributed by atoms with van der Waals surface area (Å²) < 4.78 is 0. The minimum atomic E-state index is 0.616. The van der Waals surface area contributed by atoms with Crippen LogP contribution in [0.25, 0.3) is 0 Å². The van der Waals surface area contributed by atoms with Crippen LogP contribution in [-0.4, -0.2) is 13.1 Å². The summed E-state index contributed by atoms with van der Waals surface area (Å²) >= 11 is 0. The van der Waals surface area contributed by atoms with Crippen LogP contribution in [0.1, 0.15) is 29.9 Å². The zero-order valence-corrected chi connectivity index (χ0v) is 8.72. The molecule has 1 atom stereocenters. The molecule has 2 heteroatoms. The maximum Gasteiger partial charge on any atom is 0.0352 e. The van der Waals surface area contributed by atoms with Crippen LogP contribution < -0.4 is 11.1 Å². The third-order valence-electron chi connectivity index (χ3n) is 3.06. The van der Waals surface area contributed by atoms with Crippen LogP contribution in [0.5, 0.6) is 0 Å². The molecule has 1 fully saturated rings. The van der Waals surface area contributed by atoms with Crippen molar-refractivity contribution in [2.45, 2.75) is 25.7 Å². The number of anilines is 1. The highest BCUT2D eigenvalue weighted by Gasteiger charge is 2.18.